The SMILES string of the molecule is N=C(C1=C(O)[C@]2(CCCCC2=O)CCC1)c1nc(Cl)cc(-n2ccnc2)n1. The summed E-state index contributed by atoms with van der Waals surface area (Å²) < 4.78 is 1.67. The molecule has 140 valence electrons. The number of halogens is 1. The van der Waals surface area contributed by atoms with Gasteiger partial charge in [0.2, 0.25) is 0 Å². The molecule has 0 aliphatic heterocycles. The van der Waals surface area contributed by atoms with Crippen LogP contribution in [0, 0.1) is 10.8 Å². The van der Waals surface area contributed by atoms with Gasteiger partial charge in [-0.3, -0.25) is 14.8 Å². The van der Waals surface area contributed by atoms with Crippen molar-refractivity contribution in [2.75, 3.05) is 0 Å². The number of nitrogens with one attached hydrogen (secondary N) is 1. The number of hydrogen-bond acceptors (Lipinski definition) is 6. The Hall–Kier alpha value is -2.54. The molecule has 1 saturated carbocycles. The lowest BCUT2D eigenvalue weighted by molar-refractivity contribution is -0.131. The first-order valence-electron chi connectivity index (χ1n) is 9.09. The van der Waals surface area contributed by atoms with Crippen molar-refractivity contribution in [2.24, 2.45) is 5.41 Å². The van der Waals surface area contributed by atoms with Gasteiger partial charge in [0.1, 0.15) is 34.6 Å². The van der Waals surface area contributed by atoms with Crippen LogP contribution < -0.4 is 0 Å². The maximum Gasteiger partial charge on any atom is 0.181 e. The minimum absolute atomic E-state index is 0.0220. The van der Waals surface area contributed by atoms with Crippen molar-refractivity contribution < 1.29 is 9.90 Å². The van der Waals surface area contributed by atoms with Gasteiger partial charge in [-0.2, -0.15) is 0 Å². The van der Waals surface area contributed by atoms with Crippen molar-refractivity contribution in [1.82, 2.24) is 19.5 Å². The minimum atomic E-state index is -0.829. The van der Waals surface area contributed by atoms with E-state index in [0.717, 1.165) is 19.3 Å². The molecule has 27 heavy (non-hydrogen) atoms. The molecule has 2 aliphatic carbocycles. The van der Waals surface area contributed by atoms with E-state index in [0.29, 0.717) is 37.1 Å². The predicted octanol–water partition coefficient (Wildman–Crippen LogP) is 3.81. The number of nitrogens with zero attached hydrogens (tertiary/aromatic N) is 4. The fraction of sp³-hybridized carbons (Fsp3) is 0.421. The van der Waals surface area contributed by atoms with E-state index in [1.807, 2.05) is 0 Å². The van der Waals surface area contributed by atoms with Crippen LogP contribution in [0.5, 0.6) is 0 Å². The molecule has 2 aromatic rings. The third-order valence-corrected chi connectivity index (χ3v) is 5.73. The molecule has 1 atom stereocenters. The van der Waals surface area contributed by atoms with Gasteiger partial charge >= 0.3 is 0 Å². The third-order valence-electron chi connectivity index (χ3n) is 5.54. The van der Waals surface area contributed by atoms with Gasteiger partial charge in [-0.1, -0.05) is 18.0 Å². The number of Topliss-reactive ketones (excluding diaryl/α,β-unsaturated/α-hetero) is 1. The Labute approximate surface area is 161 Å². The van der Waals surface area contributed by atoms with E-state index in [4.69, 9.17) is 17.0 Å². The first-order chi connectivity index (χ1) is 13.0. The van der Waals surface area contributed by atoms with Crippen molar-refractivity contribution in [3.8, 4) is 5.82 Å². The highest BCUT2D eigenvalue weighted by atomic mass is 35.5. The number of carbonyl (C=O) groups excluding carboxylic acids is 1. The normalized spacial score (nSPS) is 23.1. The zero-order valence-electron chi connectivity index (χ0n) is 14.8. The highest BCUT2D eigenvalue weighted by Gasteiger charge is 2.46. The molecule has 7 nitrogen and oxygen atoms in total. The summed E-state index contributed by atoms with van der Waals surface area (Å²) in [7, 11) is 0. The second kappa shape index (κ2) is 6.88. The summed E-state index contributed by atoms with van der Waals surface area (Å²) in [5.41, 5.74) is -0.353. The Morgan fingerprint density at radius 3 is 2.78 bits per heavy atom. The van der Waals surface area contributed by atoms with Gasteiger partial charge < -0.3 is 5.11 Å². The number of aliphatic hydroxyl groups excluding tert-OH is 1. The lowest BCUT2D eigenvalue weighted by Crippen LogP contribution is -2.39. The zero-order chi connectivity index (χ0) is 19.0. The van der Waals surface area contributed by atoms with Crippen molar-refractivity contribution in [1.29, 1.82) is 5.41 Å². The molecule has 0 bridgehead atoms. The Balaban J connectivity index is 1.75. The van der Waals surface area contributed by atoms with Crippen LogP contribution in [0.3, 0.4) is 0 Å². The van der Waals surface area contributed by atoms with Crippen LogP contribution in [-0.4, -0.2) is 36.1 Å². The summed E-state index contributed by atoms with van der Waals surface area (Å²) in [6.07, 6.45) is 9.76. The van der Waals surface area contributed by atoms with Crippen molar-refractivity contribution in [2.45, 2.75) is 44.9 Å². The topological polar surface area (TPSA) is 105 Å². The average molecular weight is 386 g/mol. The van der Waals surface area contributed by atoms with E-state index in [1.165, 1.54) is 0 Å². The number of imidazole rings is 1. The number of ketones is 1. The largest absolute Gasteiger partial charge is 0.511 e. The molecule has 0 amide bonds. The van der Waals surface area contributed by atoms with Gasteiger partial charge in [0, 0.05) is 30.5 Å². The van der Waals surface area contributed by atoms with Gasteiger partial charge in [-0.05, 0) is 32.1 Å². The summed E-state index contributed by atoms with van der Waals surface area (Å²) in [4.78, 5) is 25.2. The quantitative estimate of drug-likeness (QED) is 0.617. The maximum atomic E-state index is 12.6. The zero-order valence-corrected chi connectivity index (χ0v) is 15.5. The fourth-order valence-corrected chi connectivity index (χ4v) is 4.30. The van der Waals surface area contributed by atoms with Gasteiger partial charge in [0.05, 0.1) is 5.41 Å². The minimum Gasteiger partial charge on any atom is -0.511 e. The molecule has 0 unspecified atom stereocenters. The van der Waals surface area contributed by atoms with Crippen molar-refractivity contribution >= 4 is 23.1 Å². The van der Waals surface area contributed by atoms with Gasteiger partial charge in [-0.15, -0.1) is 0 Å². The lowest BCUT2D eigenvalue weighted by atomic mass is 9.64. The number of carbonyl (C=O) groups is 1. The van der Waals surface area contributed by atoms with Crippen LogP contribution in [0.4, 0.5) is 0 Å². The summed E-state index contributed by atoms with van der Waals surface area (Å²) in [5.74, 6) is 0.748. The van der Waals surface area contributed by atoms with E-state index >= 15 is 0 Å². The lowest BCUT2D eigenvalue weighted by Gasteiger charge is -2.39. The molecule has 4 rings (SSSR count). The highest BCUT2D eigenvalue weighted by molar-refractivity contribution is 6.29. The van der Waals surface area contributed by atoms with Gasteiger partial charge in [0.15, 0.2) is 5.82 Å². The van der Waals surface area contributed by atoms with Crippen LogP contribution in [0.25, 0.3) is 5.82 Å². The summed E-state index contributed by atoms with van der Waals surface area (Å²) >= 11 is 6.14. The second-order valence-electron chi connectivity index (χ2n) is 7.11. The molecule has 2 heterocycles. The van der Waals surface area contributed by atoms with Gasteiger partial charge in [-0.25, -0.2) is 15.0 Å². The molecule has 0 radical (unpaired) electrons. The molecular formula is C19H20ClN5O2. The molecule has 1 fully saturated rings. The van der Waals surface area contributed by atoms with Crippen LogP contribution in [0.15, 0.2) is 36.1 Å². The predicted molar refractivity (Wildman–Crippen MR) is 100 cm³/mol. The Bertz CT molecular complexity index is 938. The molecule has 1 spiro atoms. The van der Waals surface area contributed by atoms with E-state index in [-0.39, 0.29) is 28.2 Å². The standard InChI is InChI=1S/C19H20ClN5O2/c20-14-10-15(25-9-8-22-11-25)24-18(23-14)16(21)12-4-3-7-19(17(12)27)6-2-1-5-13(19)26/h8-11,21,27H,1-7H2/t19-/m1/s1. The summed E-state index contributed by atoms with van der Waals surface area (Å²) in [5, 5.41) is 19.8. The molecule has 8 heteroatoms. The third kappa shape index (κ3) is 3.06. The van der Waals surface area contributed by atoms with E-state index in [1.54, 1.807) is 29.4 Å². The molecule has 2 aromatic heterocycles. The average Bonchev–Trinajstić information content (AvgIpc) is 3.20. The first kappa shape index (κ1) is 17.9. The Kier molecular flexibility index (Phi) is 4.55. The van der Waals surface area contributed by atoms with Gasteiger partial charge in [0.25, 0.3) is 0 Å². The number of allylic oxidation sites excluding steroid dienone is 2. The monoisotopic (exact) mass is 385 g/mol. The molecule has 0 saturated heterocycles. The number of aliphatic hydroxyl groups is 1. The number of rotatable bonds is 3. The smallest absolute Gasteiger partial charge is 0.181 e. The van der Waals surface area contributed by atoms with Crippen LogP contribution in [0.2, 0.25) is 5.15 Å². The number of hydrogen-bond donors (Lipinski definition) is 2. The fourth-order valence-electron chi connectivity index (χ4n) is 4.12. The van der Waals surface area contributed by atoms with Crippen molar-refractivity contribution in [3.05, 3.63) is 47.1 Å². The van der Waals surface area contributed by atoms with Crippen LogP contribution >= 0.6 is 11.6 Å². The Morgan fingerprint density at radius 2 is 2.04 bits per heavy atom. The molecule has 2 N–H and O–H groups in total. The second-order valence-corrected chi connectivity index (χ2v) is 7.50. The van der Waals surface area contributed by atoms with E-state index < -0.39 is 5.41 Å². The highest BCUT2D eigenvalue weighted by Crippen LogP contribution is 2.47. The first-order valence-corrected chi connectivity index (χ1v) is 9.47. The van der Waals surface area contributed by atoms with E-state index in [2.05, 4.69) is 15.0 Å². The summed E-state index contributed by atoms with van der Waals surface area (Å²) in [6, 6.07) is 1.58. The summed E-state index contributed by atoms with van der Waals surface area (Å²) in [6.45, 7) is 0. The Morgan fingerprint density at radius 1 is 1.22 bits per heavy atom. The molecule has 2 aliphatic rings. The van der Waals surface area contributed by atoms with Crippen LogP contribution in [0.1, 0.15) is 50.8 Å². The number of aromatic nitrogens is 4. The van der Waals surface area contributed by atoms with E-state index in [9.17, 15) is 9.90 Å². The maximum absolute atomic E-state index is 12.6. The molecular weight excluding hydrogens is 366 g/mol. The van der Waals surface area contributed by atoms with Crippen LogP contribution in [-0.2, 0) is 4.79 Å². The van der Waals surface area contributed by atoms with Crippen molar-refractivity contribution in [3.63, 3.8) is 0 Å². The molecule has 0 aromatic carbocycles.